The largest absolute Gasteiger partial charge is 0.0622 e. The van der Waals surface area contributed by atoms with Gasteiger partial charge in [0.2, 0.25) is 0 Å². The minimum Gasteiger partial charge on any atom is -0.0622 e. The quantitative estimate of drug-likeness (QED) is 0.662. The van der Waals surface area contributed by atoms with Gasteiger partial charge in [-0.3, -0.25) is 0 Å². The van der Waals surface area contributed by atoms with Crippen LogP contribution in [0.3, 0.4) is 0 Å². The molecule has 0 N–H and O–H groups in total. The highest BCUT2D eigenvalue weighted by Gasteiger charge is 2.01. The van der Waals surface area contributed by atoms with Crippen LogP contribution in [0.15, 0.2) is 48.5 Å². The maximum absolute atomic E-state index is 3.30. The number of aryl methyl sites for hydroxylation is 1. The van der Waals surface area contributed by atoms with Crippen molar-refractivity contribution in [1.29, 1.82) is 0 Å². The maximum atomic E-state index is 3.30. The number of benzene rings is 2. The molecule has 0 aliphatic heterocycles. The Kier molecular flexibility index (Phi) is 2.64. The van der Waals surface area contributed by atoms with Crippen LogP contribution in [0.5, 0.6) is 0 Å². The first kappa shape index (κ1) is 9.01. The van der Waals surface area contributed by atoms with Crippen molar-refractivity contribution in [2.24, 2.45) is 0 Å². The first-order chi connectivity index (χ1) is 6.92. The van der Waals surface area contributed by atoms with Crippen LogP contribution >= 0.6 is 0 Å². The van der Waals surface area contributed by atoms with Crippen LogP contribution in [0, 0.1) is 6.07 Å². The van der Waals surface area contributed by atoms with Gasteiger partial charge in [0, 0.05) is 0 Å². The van der Waals surface area contributed by atoms with E-state index in [0.717, 1.165) is 6.42 Å². The SMILES string of the molecule is CCc1ccc[c]c1-c1ccccc1. The summed E-state index contributed by atoms with van der Waals surface area (Å²) < 4.78 is 0. The van der Waals surface area contributed by atoms with Crippen molar-refractivity contribution in [3.05, 3.63) is 60.2 Å². The van der Waals surface area contributed by atoms with Crippen LogP contribution in [0.4, 0.5) is 0 Å². The van der Waals surface area contributed by atoms with Gasteiger partial charge in [-0.25, -0.2) is 0 Å². The molecule has 0 aromatic heterocycles. The van der Waals surface area contributed by atoms with E-state index in [1.807, 2.05) is 18.2 Å². The average Bonchev–Trinajstić information content (AvgIpc) is 2.30. The van der Waals surface area contributed by atoms with Gasteiger partial charge in [0.15, 0.2) is 0 Å². The van der Waals surface area contributed by atoms with Crippen LogP contribution < -0.4 is 0 Å². The fourth-order valence-electron chi connectivity index (χ4n) is 1.64. The molecule has 69 valence electrons. The van der Waals surface area contributed by atoms with Gasteiger partial charge in [-0.05, 0) is 29.2 Å². The molecule has 0 atom stereocenters. The van der Waals surface area contributed by atoms with Crippen LogP contribution in [0.25, 0.3) is 11.1 Å². The van der Waals surface area contributed by atoms with Crippen molar-refractivity contribution in [2.45, 2.75) is 13.3 Å². The molecule has 0 aliphatic rings. The molecular weight excluding hydrogens is 168 g/mol. The summed E-state index contributed by atoms with van der Waals surface area (Å²) in [5.74, 6) is 0. The predicted octanol–water partition coefficient (Wildman–Crippen LogP) is 3.72. The Morgan fingerprint density at radius 2 is 1.79 bits per heavy atom. The smallest absolute Gasteiger partial charge is 0.00732 e. The van der Waals surface area contributed by atoms with Gasteiger partial charge in [0.1, 0.15) is 0 Å². The molecule has 0 unspecified atom stereocenters. The van der Waals surface area contributed by atoms with E-state index in [0.29, 0.717) is 0 Å². The maximum Gasteiger partial charge on any atom is -0.00732 e. The Balaban J connectivity index is 2.51. The topological polar surface area (TPSA) is 0 Å². The van der Waals surface area contributed by atoms with Crippen molar-refractivity contribution in [2.75, 3.05) is 0 Å². The highest BCUT2D eigenvalue weighted by Crippen LogP contribution is 2.22. The molecule has 0 aliphatic carbocycles. The molecule has 2 aromatic carbocycles. The molecule has 0 bridgehead atoms. The average molecular weight is 181 g/mol. The molecule has 0 saturated carbocycles. The fourth-order valence-corrected chi connectivity index (χ4v) is 1.64. The Bertz CT molecular complexity index is 401. The lowest BCUT2D eigenvalue weighted by Gasteiger charge is -2.06. The third-order valence-corrected chi connectivity index (χ3v) is 2.39. The second-order valence-corrected chi connectivity index (χ2v) is 3.29. The highest BCUT2D eigenvalue weighted by atomic mass is 14.0. The van der Waals surface area contributed by atoms with Crippen molar-refractivity contribution in [3.8, 4) is 11.1 Å². The fraction of sp³-hybridized carbons (Fsp3) is 0.143. The van der Waals surface area contributed by atoms with E-state index >= 15 is 0 Å². The Labute approximate surface area is 85.2 Å². The van der Waals surface area contributed by atoms with E-state index in [1.54, 1.807) is 0 Å². The molecule has 0 nitrogen and oxygen atoms in total. The predicted molar refractivity (Wildman–Crippen MR) is 60.1 cm³/mol. The molecule has 2 aromatic rings. The summed E-state index contributed by atoms with van der Waals surface area (Å²) >= 11 is 0. The third kappa shape index (κ3) is 1.69. The van der Waals surface area contributed by atoms with Gasteiger partial charge in [-0.2, -0.15) is 0 Å². The number of hydrogen-bond donors (Lipinski definition) is 0. The lowest BCUT2D eigenvalue weighted by Crippen LogP contribution is -1.86. The first-order valence-electron chi connectivity index (χ1n) is 4.97. The van der Waals surface area contributed by atoms with Gasteiger partial charge in [-0.15, -0.1) is 0 Å². The molecule has 0 spiro atoms. The molecule has 1 radical (unpaired) electrons. The molecule has 0 amide bonds. The summed E-state index contributed by atoms with van der Waals surface area (Å²) in [5.41, 5.74) is 3.85. The molecule has 0 fully saturated rings. The standard InChI is InChI=1S/C14H13/c1-2-12-8-6-7-11-14(12)13-9-4-3-5-10-13/h3-10H,2H2,1H3. The van der Waals surface area contributed by atoms with E-state index in [1.165, 1.54) is 16.7 Å². The van der Waals surface area contributed by atoms with Crippen molar-refractivity contribution >= 4 is 0 Å². The third-order valence-electron chi connectivity index (χ3n) is 2.39. The summed E-state index contributed by atoms with van der Waals surface area (Å²) in [4.78, 5) is 0. The summed E-state index contributed by atoms with van der Waals surface area (Å²) in [7, 11) is 0. The molecule has 0 heteroatoms. The molecule has 2 rings (SSSR count). The summed E-state index contributed by atoms with van der Waals surface area (Å²) in [6.45, 7) is 2.18. The van der Waals surface area contributed by atoms with Gasteiger partial charge >= 0.3 is 0 Å². The number of rotatable bonds is 2. The normalized spacial score (nSPS) is 10.1. The minimum absolute atomic E-state index is 1.06. The first-order valence-corrected chi connectivity index (χ1v) is 4.97. The van der Waals surface area contributed by atoms with Crippen LogP contribution in [0.1, 0.15) is 12.5 Å². The zero-order chi connectivity index (χ0) is 9.80. The lowest BCUT2D eigenvalue weighted by atomic mass is 9.98. The molecule has 0 saturated heterocycles. The van der Waals surface area contributed by atoms with E-state index in [9.17, 15) is 0 Å². The van der Waals surface area contributed by atoms with Crippen LogP contribution in [-0.2, 0) is 6.42 Å². The van der Waals surface area contributed by atoms with E-state index in [2.05, 4.69) is 43.3 Å². The Morgan fingerprint density at radius 3 is 2.50 bits per heavy atom. The van der Waals surface area contributed by atoms with E-state index in [4.69, 9.17) is 0 Å². The Morgan fingerprint density at radius 1 is 1.00 bits per heavy atom. The summed E-state index contributed by atoms with van der Waals surface area (Å²) in [5, 5.41) is 0. The van der Waals surface area contributed by atoms with Crippen LogP contribution in [-0.4, -0.2) is 0 Å². The lowest BCUT2D eigenvalue weighted by molar-refractivity contribution is 1.14. The van der Waals surface area contributed by atoms with Crippen molar-refractivity contribution in [1.82, 2.24) is 0 Å². The van der Waals surface area contributed by atoms with Gasteiger partial charge in [0.25, 0.3) is 0 Å². The van der Waals surface area contributed by atoms with Gasteiger partial charge in [0.05, 0.1) is 0 Å². The van der Waals surface area contributed by atoms with Crippen LogP contribution in [0.2, 0.25) is 0 Å². The zero-order valence-electron chi connectivity index (χ0n) is 8.33. The zero-order valence-corrected chi connectivity index (χ0v) is 8.33. The highest BCUT2D eigenvalue weighted by molar-refractivity contribution is 5.66. The monoisotopic (exact) mass is 181 g/mol. The van der Waals surface area contributed by atoms with Gasteiger partial charge < -0.3 is 0 Å². The minimum atomic E-state index is 1.06. The summed E-state index contributed by atoms with van der Waals surface area (Å²) in [6.07, 6.45) is 1.06. The molecular formula is C14H13. The molecule has 0 heterocycles. The second kappa shape index (κ2) is 4.10. The van der Waals surface area contributed by atoms with E-state index < -0.39 is 0 Å². The molecule has 14 heavy (non-hydrogen) atoms. The van der Waals surface area contributed by atoms with E-state index in [-0.39, 0.29) is 0 Å². The Hall–Kier alpha value is -1.56. The van der Waals surface area contributed by atoms with Crippen molar-refractivity contribution in [3.63, 3.8) is 0 Å². The summed E-state index contributed by atoms with van der Waals surface area (Å²) in [6, 6.07) is 19.9. The van der Waals surface area contributed by atoms with Crippen molar-refractivity contribution < 1.29 is 0 Å². The number of hydrogen-bond acceptors (Lipinski definition) is 0. The van der Waals surface area contributed by atoms with Gasteiger partial charge in [-0.1, -0.05) is 55.5 Å². The second-order valence-electron chi connectivity index (χ2n) is 3.29.